The van der Waals surface area contributed by atoms with Gasteiger partial charge in [-0.05, 0) is 38.6 Å². The van der Waals surface area contributed by atoms with Gasteiger partial charge >= 0.3 is 0 Å². The molecule has 1 aromatic rings. The Balaban J connectivity index is 1.59. The fourth-order valence-corrected chi connectivity index (χ4v) is 3.36. The van der Waals surface area contributed by atoms with Crippen LogP contribution < -0.4 is 10.6 Å². The molecule has 1 unspecified atom stereocenters. The molecule has 1 heterocycles. The van der Waals surface area contributed by atoms with Crippen molar-refractivity contribution < 1.29 is 4.79 Å². The highest BCUT2D eigenvalue weighted by Gasteiger charge is 2.19. The highest BCUT2D eigenvalue weighted by atomic mass is 32.2. The molecule has 0 bridgehead atoms. The molecule has 0 aromatic heterocycles. The second-order valence-corrected chi connectivity index (χ2v) is 6.54. The summed E-state index contributed by atoms with van der Waals surface area (Å²) in [6.45, 7) is 3.25. The maximum absolute atomic E-state index is 11.9. The maximum Gasteiger partial charge on any atom is 0.234 e. The van der Waals surface area contributed by atoms with Crippen molar-refractivity contribution in [3.8, 4) is 0 Å². The molecule has 1 atom stereocenters. The van der Waals surface area contributed by atoms with Gasteiger partial charge in [-0.25, -0.2) is 0 Å². The van der Waals surface area contributed by atoms with E-state index in [9.17, 15) is 4.79 Å². The molecule has 2 rings (SSSR count). The highest BCUT2D eigenvalue weighted by Crippen LogP contribution is 2.15. The minimum absolute atomic E-state index is 0.139. The Hall–Kier alpha value is -1.04. The summed E-state index contributed by atoms with van der Waals surface area (Å²) in [6.07, 6.45) is 2.38. The Morgan fingerprint density at radius 3 is 2.95 bits per heavy atom. The highest BCUT2D eigenvalue weighted by molar-refractivity contribution is 7.99. The fraction of sp³-hybridized carbons (Fsp3) is 0.562. The van der Waals surface area contributed by atoms with Crippen molar-refractivity contribution in [2.45, 2.75) is 23.8 Å². The van der Waals surface area contributed by atoms with Crippen LogP contribution in [0.3, 0.4) is 0 Å². The van der Waals surface area contributed by atoms with Crippen molar-refractivity contribution in [2.24, 2.45) is 0 Å². The molecule has 1 saturated heterocycles. The molecule has 4 nitrogen and oxygen atoms in total. The number of piperidine rings is 1. The molecule has 1 aromatic carbocycles. The van der Waals surface area contributed by atoms with E-state index in [0.29, 0.717) is 12.6 Å². The van der Waals surface area contributed by atoms with E-state index in [4.69, 9.17) is 0 Å². The molecular formula is C16H25N3OS. The first kappa shape index (κ1) is 16.3. The van der Waals surface area contributed by atoms with Gasteiger partial charge in [0.25, 0.3) is 0 Å². The van der Waals surface area contributed by atoms with Crippen molar-refractivity contribution in [3.63, 3.8) is 0 Å². The van der Waals surface area contributed by atoms with Crippen LogP contribution in [-0.4, -0.2) is 55.8 Å². The first-order valence-electron chi connectivity index (χ1n) is 7.62. The number of amides is 1. The third-order valence-electron chi connectivity index (χ3n) is 3.72. The first-order chi connectivity index (χ1) is 10.3. The lowest BCUT2D eigenvalue weighted by molar-refractivity contribution is -0.122. The Bertz CT molecular complexity index is 427. The largest absolute Gasteiger partial charge is 0.354 e. The van der Waals surface area contributed by atoms with E-state index in [2.05, 4.69) is 27.7 Å². The van der Waals surface area contributed by atoms with Gasteiger partial charge in [0.1, 0.15) is 0 Å². The zero-order valence-electron chi connectivity index (χ0n) is 12.7. The molecule has 1 fully saturated rings. The molecule has 0 saturated carbocycles. The summed E-state index contributed by atoms with van der Waals surface area (Å²) in [7, 11) is 2.00. The number of carbonyl (C=O) groups is 1. The van der Waals surface area contributed by atoms with Gasteiger partial charge in [-0.15, -0.1) is 11.8 Å². The third-order valence-corrected chi connectivity index (χ3v) is 4.73. The molecule has 1 aliphatic heterocycles. The zero-order valence-corrected chi connectivity index (χ0v) is 13.5. The summed E-state index contributed by atoms with van der Waals surface area (Å²) >= 11 is 1.77. The normalized spacial score (nSPS) is 19.4. The molecule has 0 spiro atoms. The molecule has 116 valence electrons. The van der Waals surface area contributed by atoms with Crippen molar-refractivity contribution in [3.05, 3.63) is 30.3 Å². The monoisotopic (exact) mass is 307 g/mol. The van der Waals surface area contributed by atoms with Crippen LogP contribution in [0, 0.1) is 0 Å². The second kappa shape index (κ2) is 9.07. The topological polar surface area (TPSA) is 44.4 Å². The summed E-state index contributed by atoms with van der Waals surface area (Å²) in [5.41, 5.74) is 0. The van der Waals surface area contributed by atoms with E-state index in [1.165, 1.54) is 17.7 Å². The van der Waals surface area contributed by atoms with Gasteiger partial charge in [0.2, 0.25) is 5.91 Å². The van der Waals surface area contributed by atoms with Crippen LogP contribution in [0.1, 0.15) is 12.8 Å². The zero-order chi connectivity index (χ0) is 14.9. The lowest BCUT2D eigenvalue weighted by Gasteiger charge is -2.31. The van der Waals surface area contributed by atoms with Gasteiger partial charge in [-0.2, -0.15) is 0 Å². The quantitative estimate of drug-likeness (QED) is 0.593. The molecule has 1 aliphatic rings. The van der Waals surface area contributed by atoms with Gasteiger partial charge in [0.05, 0.1) is 6.54 Å². The van der Waals surface area contributed by atoms with E-state index in [-0.39, 0.29) is 5.91 Å². The fourth-order valence-electron chi connectivity index (χ4n) is 2.57. The van der Waals surface area contributed by atoms with E-state index in [0.717, 1.165) is 25.4 Å². The van der Waals surface area contributed by atoms with Crippen LogP contribution in [0.5, 0.6) is 0 Å². The molecule has 21 heavy (non-hydrogen) atoms. The summed E-state index contributed by atoms with van der Waals surface area (Å²) in [4.78, 5) is 15.4. The summed E-state index contributed by atoms with van der Waals surface area (Å²) in [5, 5.41) is 6.31. The first-order valence-corrected chi connectivity index (χ1v) is 8.60. The standard InChI is InChI=1S/C16H25N3OS/c1-17-14-6-5-10-19(12-14)13-16(20)18-9-11-21-15-7-3-2-4-8-15/h2-4,7-8,14,17H,5-6,9-13H2,1H3,(H,18,20). The molecular weight excluding hydrogens is 282 g/mol. The minimum Gasteiger partial charge on any atom is -0.354 e. The molecule has 2 N–H and O–H groups in total. The van der Waals surface area contributed by atoms with Crippen LogP contribution in [0.4, 0.5) is 0 Å². The van der Waals surface area contributed by atoms with Crippen LogP contribution >= 0.6 is 11.8 Å². The minimum atomic E-state index is 0.139. The number of nitrogens with zero attached hydrogens (tertiary/aromatic N) is 1. The number of rotatable bonds is 7. The van der Waals surface area contributed by atoms with Crippen molar-refractivity contribution in [2.75, 3.05) is 39.0 Å². The maximum atomic E-state index is 11.9. The summed E-state index contributed by atoms with van der Waals surface area (Å²) < 4.78 is 0. The van der Waals surface area contributed by atoms with Crippen molar-refractivity contribution >= 4 is 17.7 Å². The third kappa shape index (κ3) is 6.08. The van der Waals surface area contributed by atoms with Gasteiger partial charge in [-0.3, -0.25) is 9.69 Å². The Morgan fingerprint density at radius 2 is 2.19 bits per heavy atom. The van der Waals surface area contributed by atoms with Gasteiger partial charge in [0, 0.05) is 29.8 Å². The van der Waals surface area contributed by atoms with Crippen LogP contribution in [-0.2, 0) is 4.79 Å². The number of likely N-dealkylation sites (tertiary alicyclic amines) is 1. The Morgan fingerprint density at radius 1 is 1.38 bits per heavy atom. The Labute approximate surface area is 131 Å². The van der Waals surface area contributed by atoms with Gasteiger partial charge in [0.15, 0.2) is 0 Å². The SMILES string of the molecule is CNC1CCCN(CC(=O)NCCSc2ccccc2)C1. The second-order valence-electron chi connectivity index (χ2n) is 5.37. The summed E-state index contributed by atoms with van der Waals surface area (Å²) in [5.74, 6) is 1.05. The molecule has 1 amide bonds. The van der Waals surface area contributed by atoms with E-state index < -0.39 is 0 Å². The number of nitrogens with one attached hydrogen (secondary N) is 2. The number of likely N-dealkylation sites (N-methyl/N-ethyl adjacent to an activating group) is 1. The lowest BCUT2D eigenvalue weighted by atomic mass is 10.1. The number of benzene rings is 1. The molecule has 5 heteroatoms. The number of hydrogen-bond donors (Lipinski definition) is 2. The van der Waals surface area contributed by atoms with Gasteiger partial charge < -0.3 is 10.6 Å². The molecule has 0 aliphatic carbocycles. The smallest absolute Gasteiger partial charge is 0.234 e. The van der Waals surface area contributed by atoms with Crippen LogP contribution in [0.2, 0.25) is 0 Å². The predicted molar refractivity (Wildman–Crippen MR) is 88.7 cm³/mol. The van der Waals surface area contributed by atoms with E-state index in [1.54, 1.807) is 11.8 Å². The predicted octanol–water partition coefficient (Wildman–Crippen LogP) is 1.58. The van der Waals surface area contributed by atoms with Crippen LogP contribution in [0.25, 0.3) is 0 Å². The average Bonchev–Trinajstić information content (AvgIpc) is 2.53. The van der Waals surface area contributed by atoms with Crippen molar-refractivity contribution in [1.29, 1.82) is 0 Å². The lowest BCUT2D eigenvalue weighted by Crippen LogP contribution is -2.48. The summed E-state index contributed by atoms with van der Waals surface area (Å²) in [6, 6.07) is 10.8. The Kier molecular flexibility index (Phi) is 7.06. The number of thioether (sulfide) groups is 1. The molecule has 0 radical (unpaired) electrons. The van der Waals surface area contributed by atoms with Gasteiger partial charge in [-0.1, -0.05) is 18.2 Å². The number of hydrogen-bond acceptors (Lipinski definition) is 4. The average molecular weight is 307 g/mol. The van der Waals surface area contributed by atoms with Crippen LogP contribution in [0.15, 0.2) is 35.2 Å². The van der Waals surface area contributed by atoms with E-state index in [1.807, 2.05) is 25.2 Å². The number of carbonyl (C=O) groups excluding carboxylic acids is 1. The van der Waals surface area contributed by atoms with E-state index >= 15 is 0 Å². The van der Waals surface area contributed by atoms with Crippen molar-refractivity contribution in [1.82, 2.24) is 15.5 Å².